The summed E-state index contributed by atoms with van der Waals surface area (Å²) >= 11 is 7.45. The molecular weight excluding hydrogens is 470 g/mol. The summed E-state index contributed by atoms with van der Waals surface area (Å²) in [5, 5.41) is 20.7. The lowest BCUT2D eigenvalue weighted by molar-refractivity contribution is -0.384. The maximum atomic E-state index is 10.8. The number of hydrogen-bond donors (Lipinski definition) is 1. The predicted octanol–water partition coefficient (Wildman–Crippen LogP) is 4.61. The lowest BCUT2D eigenvalue weighted by Gasteiger charge is -2.16. The Morgan fingerprint density at radius 1 is 1.39 bits per heavy atom. The lowest BCUT2D eigenvalue weighted by atomic mass is 9.92. The number of hydrogen-bond acceptors (Lipinski definition) is 8. The standard InChI is InChI=1S/C16H16ClN7O2S.BrH/c1-16(2,3)13-14(23-9-18-8-20-23)27-15(21-13)22-19-7-10-4-5-11(24(25)26)6-12(10)17;/h4-9H,1-3H3,(H,21,22);1H/b19-7+;. The molecule has 2 aromatic heterocycles. The van der Waals surface area contributed by atoms with Gasteiger partial charge >= 0.3 is 0 Å². The third kappa shape index (κ3) is 4.91. The van der Waals surface area contributed by atoms with E-state index in [-0.39, 0.29) is 33.1 Å². The van der Waals surface area contributed by atoms with Crippen molar-refractivity contribution in [1.29, 1.82) is 0 Å². The molecule has 0 aliphatic rings. The molecular formula is C16H17BrClN7O2S. The molecule has 1 aromatic carbocycles. The molecule has 3 aromatic rings. The van der Waals surface area contributed by atoms with Crippen LogP contribution in [-0.4, -0.2) is 30.9 Å². The summed E-state index contributed by atoms with van der Waals surface area (Å²) in [6.07, 6.45) is 4.57. The van der Waals surface area contributed by atoms with Gasteiger partial charge in [-0.1, -0.05) is 43.7 Å². The zero-order valence-corrected chi connectivity index (χ0v) is 18.4. The molecule has 0 atom stereocenters. The summed E-state index contributed by atoms with van der Waals surface area (Å²) < 4.78 is 1.67. The molecule has 0 radical (unpaired) electrons. The van der Waals surface area contributed by atoms with Gasteiger partial charge in [0.15, 0.2) is 0 Å². The topological polar surface area (TPSA) is 111 Å². The number of nitrogens with one attached hydrogen (secondary N) is 1. The zero-order chi connectivity index (χ0) is 19.6. The average molecular weight is 487 g/mol. The van der Waals surface area contributed by atoms with Gasteiger partial charge in [0.25, 0.3) is 5.69 Å². The van der Waals surface area contributed by atoms with Crippen molar-refractivity contribution in [1.82, 2.24) is 19.7 Å². The Hall–Kier alpha value is -2.37. The van der Waals surface area contributed by atoms with Crippen LogP contribution >= 0.6 is 39.9 Å². The summed E-state index contributed by atoms with van der Waals surface area (Å²) in [7, 11) is 0. The highest BCUT2D eigenvalue weighted by Gasteiger charge is 2.25. The van der Waals surface area contributed by atoms with E-state index in [1.165, 1.54) is 42.1 Å². The van der Waals surface area contributed by atoms with E-state index in [9.17, 15) is 10.1 Å². The quantitative estimate of drug-likeness (QED) is 0.320. The number of nitro benzene ring substituents is 1. The van der Waals surface area contributed by atoms with Crippen LogP contribution in [0.2, 0.25) is 5.02 Å². The first-order valence-corrected chi connectivity index (χ1v) is 9.04. The second kappa shape index (κ2) is 8.76. The number of hydrazone groups is 1. The van der Waals surface area contributed by atoms with Crippen molar-refractivity contribution in [3.05, 3.63) is 57.2 Å². The summed E-state index contributed by atoms with van der Waals surface area (Å²) in [5.41, 5.74) is 4.03. The van der Waals surface area contributed by atoms with E-state index in [0.717, 1.165) is 10.7 Å². The van der Waals surface area contributed by atoms with Crippen LogP contribution in [-0.2, 0) is 5.41 Å². The van der Waals surface area contributed by atoms with Crippen LogP contribution in [0.4, 0.5) is 10.8 Å². The van der Waals surface area contributed by atoms with Crippen LogP contribution < -0.4 is 5.43 Å². The first-order valence-electron chi connectivity index (χ1n) is 7.85. The highest BCUT2D eigenvalue weighted by Crippen LogP contribution is 2.34. The van der Waals surface area contributed by atoms with Crippen molar-refractivity contribution >= 4 is 57.0 Å². The van der Waals surface area contributed by atoms with E-state index < -0.39 is 4.92 Å². The monoisotopic (exact) mass is 485 g/mol. The molecule has 3 rings (SSSR count). The number of benzene rings is 1. The summed E-state index contributed by atoms with van der Waals surface area (Å²) in [5.74, 6) is 0. The molecule has 0 spiro atoms. The van der Waals surface area contributed by atoms with Crippen molar-refractivity contribution in [2.75, 3.05) is 5.43 Å². The van der Waals surface area contributed by atoms with Crippen LogP contribution in [0, 0.1) is 10.1 Å². The second-order valence-corrected chi connectivity index (χ2v) is 7.98. The molecule has 0 amide bonds. The maximum Gasteiger partial charge on any atom is 0.270 e. The molecule has 1 N–H and O–H groups in total. The highest BCUT2D eigenvalue weighted by atomic mass is 79.9. The number of non-ortho nitro benzene ring substituents is 1. The summed E-state index contributed by atoms with van der Waals surface area (Å²) in [4.78, 5) is 18.9. The van der Waals surface area contributed by atoms with Gasteiger partial charge in [0.1, 0.15) is 17.7 Å². The van der Waals surface area contributed by atoms with Crippen LogP contribution in [0.3, 0.4) is 0 Å². The van der Waals surface area contributed by atoms with Crippen LogP contribution in [0.1, 0.15) is 32.0 Å². The molecule has 0 saturated carbocycles. The molecule has 0 saturated heterocycles. The molecule has 0 bridgehead atoms. The largest absolute Gasteiger partial charge is 0.270 e. The molecule has 9 nitrogen and oxygen atoms in total. The molecule has 148 valence electrons. The van der Waals surface area contributed by atoms with Gasteiger partial charge in [-0.3, -0.25) is 15.5 Å². The maximum absolute atomic E-state index is 10.8. The molecule has 0 aliphatic heterocycles. The fraction of sp³-hybridized carbons (Fsp3) is 0.250. The van der Waals surface area contributed by atoms with Crippen molar-refractivity contribution < 1.29 is 4.92 Å². The SMILES string of the molecule is Br.CC(C)(C)c1nc(N/N=C/c2ccc([N+](=O)[O-])cc2Cl)sc1-n1cncn1. The summed E-state index contributed by atoms with van der Waals surface area (Å²) in [6.45, 7) is 6.19. The van der Waals surface area contributed by atoms with Gasteiger partial charge in [-0.05, 0) is 6.07 Å². The van der Waals surface area contributed by atoms with E-state index in [1.54, 1.807) is 11.0 Å². The van der Waals surface area contributed by atoms with Gasteiger partial charge < -0.3 is 0 Å². The Balaban J connectivity index is 0.00000280. The highest BCUT2D eigenvalue weighted by molar-refractivity contribution is 8.93. The normalized spacial score (nSPS) is 11.4. The first-order chi connectivity index (χ1) is 12.8. The Kier molecular flexibility index (Phi) is 6.86. The minimum atomic E-state index is -0.500. The molecule has 2 heterocycles. The van der Waals surface area contributed by atoms with Gasteiger partial charge in [0.2, 0.25) is 5.13 Å². The van der Waals surface area contributed by atoms with Gasteiger partial charge in [-0.2, -0.15) is 10.2 Å². The fourth-order valence-electron chi connectivity index (χ4n) is 2.21. The minimum Gasteiger partial charge on any atom is -0.258 e. The molecule has 0 aliphatic carbocycles. The average Bonchev–Trinajstić information content (AvgIpc) is 3.24. The number of anilines is 1. The van der Waals surface area contributed by atoms with E-state index >= 15 is 0 Å². The Labute approximate surface area is 180 Å². The van der Waals surface area contributed by atoms with Gasteiger partial charge in [-0.15, -0.1) is 17.0 Å². The molecule has 12 heteroatoms. The number of nitro groups is 1. The van der Waals surface area contributed by atoms with E-state index in [4.69, 9.17) is 11.6 Å². The van der Waals surface area contributed by atoms with Gasteiger partial charge in [0, 0.05) is 23.1 Å². The minimum absolute atomic E-state index is 0. The smallest absolute Gasteiger partial charge is 0.258 e. The van der Waals surface area contributed by atoms with E-state index in [1.807, 2.05) is 0 Å². The Bertz CT molecular complexity index is 999. The predicted molar refractivity (Wildman–Crippen MR) is 115 cm³/mol. The summed E-state index contributed by atoms with van der Waals surface area (Å²) in [6, 6.07) is 4.19. The Morgan fingerprint density at radius 2 is 2.14 bits per heavy atom. The van der Waals surface area contributed by atoms with Crippen molar-refractivity contribution in [2.45, 2.75) is 26.2 Å². The van der Waals surface area contributed by atoms with Crippen molar-refractivity contribution in [3.8, 4) is 5.00 Å². The third-order valence-corrected chi connectivity index (χ3v) is 4.78. The van der Waals surface area contributed by atoms with Gasteiger partial charge in [-0.25, -0.2) is 14.6 Å². The number of aromatic nitrogens is 4. The number of rotatable bonds is 5. The lowest BCUT2D eigenvalue weighted by Crippen LogP contribution is -2.15. The van der Waals surface area contributed by atoms with Crippen LogP contribution in [0.15, 0.2) is 36.0 Å². The molecule has 0 fully saturated rings. The zero-order valence-electron chi connectivity index (χ0n) is 15.2. The van der Waals surface area contributed by atoms with Crippen LogP contribution in [0.5, 0.6) is 0 Å². The second-order valence-electron chi connectivity index (χ2n) is 6.60. The van der Waals surface area contributed by atoms with Crippen LogP contribution in [0.25, 0.3) is 5.00 Å². The number of halogens is 2. The van der Waals surface area contributed by atoms with Crippen molar-refractivity contribution in [2.24, 2.45) is 5.10 Å². The van der Waals surface area contributed by atoms with E-state index in [2.05, 4.69) is 46.4 Å². The third-order valence-electron chi connectivity index (χ3n) is 3.51. The number of thiazole rings is 1. The molecule has 28 heavy (non-hydrogen) atoms. The Morgan fingerprint density at radius 3 is 2.71 bits per heavy atom. The van der Waals surface area contributed by atoms with E-state index in [0.29, 0.717) is 10.7 Å². The fourth-order valence-corrected chi connectivity index (χ4v) is 3.49. The van der Waals surface area contributed by atoms with Crippen molar-refractivity contribution in [3.63, 3.8) is 0 Å². The first kappa shape index (κ1) is 21.9. The van der Waals surface area contributed by atoms with Gasteiger partial charge in [0.05, 0.1) is 21.9 Å². The molecule has 0 unspecified atom stereocenters. The number of nitrogens with zero attached hydrogens (tertiary/aromatic N) is 6.